The summed E-state index contributed by atoms with van der Waals surface area (Å²) in [6, 6.07) is 0. The van der Waals surface area contributed by atoms with Gasteiger partial charge in [0.2, 0.25) is 0 Å². The van der Waals surface area contributed by atoms with Crippen LogP contribution in [0.2, 0.25) is 0 Å². The van der Waals surface area contributed by atoms with Gasteiger partial charge in [-0.25, -0.2) is 28.6 Å². The Kier molecular flexibility index (Phi) is 6.68. The summed E-state index contributed by atoms with van der Waals surface area (Å²) in [5.41, 5.74) is 5.92. The van der Waals surface area contributed by atoms with Gasteiger partial charge in [0.25, 0.3) is 0 Å². The molecule has 0 saturated carbocycles. The van der Waals surface area contributed by atoms with Crippen LogP contribution in [0.5, 0.6) is 0 Å². The topological polar surface area (TPSA) is 279 Å². The molecule has 1 aliphatic rings. The highest BCUT2D eigenvalue weighted by atomic mass is 31.3. The number of aliphatic hydroxyl groups is 2. The normalized spacial score (nSPS) is 28.5. The minimum Gasteiger partial charge on any atom is -0.394 e. The Balaban J connectivity index is 1.83. The van der Waals surface area contributed by atoms with Gasteiger partial charge in [0.1, 0.15) is 30.2 Å². The van der Waals surface area contributed by atoms with Crippen LogP contribution in [0.4, 0.5) is 5.82 Å². The molecule has 2 aromatic heterocycles. The molecule has 1 aliphatic heterocycles. The Bertz CT molecular complexity index is 1100. The zero-order chi connectivity index (χ0) is 23.2. The number of imidazole rings is 1. The molecule has 2 unspecified atom stereocenters. The van der Waals surface area contributed by atoms with Crippen molar-refractivity contribution >= 4 is 40.4 Å². The van der Waals surface area contributed by atoms with Crippen LogP contribution in [0, 0.1) is 0 Å². The van der Waals surface area contributed by atoms with Crippen molar-refractivity contribution < 1.29 is 61.4 Å². The highest BCUT2D eigenvalue weighted by Crippen LogP contribution is 2.67. The van der Waals surface area contributed by atoms with Gasteiger partial charge in [-0.05, 0) is 0 Å². The smallest absolute Gasteiger partial charge is 0.394 e. The average molecular weight is 507 g/mol. The van der Waals surface area contributed by atoms with Crippen molar-refractivity contribution in [3.05, 3.63) is 12.7 Å². The molecule has 174 valence electrons. The third-order valence-electron chi connectivity index (χ3n) is 3.82. The van der Waals surface area contributed by atoms with E-state index in [9.17, 15) is 33.7 Å². The molecule has 2 aromatic rings. The largest absolute Gasteiger partial charge is 0.490 e. The van der Waals surface area contributed by atoms with E-state index in [1.54, 1.807) is 0 Å². The summed E-state index contributed by atoms with van der Waals surface area (Å²) in [6.45, 7) is -0.849. The maximum atomic E-state index is 12.1. The van der Waals surface area contributed by atoms with Crippen LogP contribution in [0.15, 0.2) is 12.7 Å². The quantitative estimate of drug-likeness (QED) is 0.197. The van der Waals surface area contributed by atoms with Gasteiger partial charge in [-0.15, -0.1) is 0 Å². The van der Waals surface area contributed by atoms with Crippen molar-refractivity contribution in [3.63, 3.8) is 0 Å². The molecule has 0 spiro atoms. The summed E-state index contributed by atoms with van der Waals surface area (Å²) in [4.78, 5) is 47.7. The summed E-state index contributed by atoms with van der Waals surface area (Å²) in [5.74, 6) is 0.0137. The van der Waals surface area contributed by atoms with Gasteiger partial charge in [0.15, 0.2) is 17.7 Å². The lowest BCUT2D eigenvalue weighted by Crippen LogP contribution is -2.35. The number of aromatic nitrogens is 4. The van der Waals surface area contributed by atoms with Crippen molar-refractivity contribution in [2.24, 2.45) is 0 Å². The summed E-state index contributed by atoms with van der Waals surface area (Å²) in [6.07, 6.45) is -4.20. The van der Waals surface area contributed by atoms with Gasteiger partial charge < -0.3 is 40.3 Å². The number of phosphoric acid groups is 3. The fraction of sp³-hybridized carbons (Fsp3) is 0.500. The van der Waals surface area contributed by atoms with Crippen molar-refractivity contribution in [2.45, 2.75) is 24.5 Å². The Morgan fingerprint density at radius 2 is 1.77 bits per heavy atom. The SMILES string of the molecule is Nc1ncnc2c1ncn2[C@@H]1O[C@H](CO)[C@@H](OP(=O)(O)OP(=O)(O)OP(=O)(O)O)[C@H]1O. The van der Waals surface area contributed by atoms with Crippen molar-refractivity contribution in [3.8, 4) is 0 Å². The number of nitrogens with two attached hydrogens (primary N) is 1. The first-order chi connectivity index (χ1) is 14.2. The van der Waals surface area contributed by atoms with Gasteiger partial charge in [-0.1, -0.05) is 0 Å². The van der Waals surface area contributed by atoms with E-state index in [-0.39, 0.29) is 17.0 Å². The maximum absolute atomic E-state index is 12.1. The van der Waals surface area contributed by atoms with Crippen molar-refractivity contribution in [1.82, 2.24) is 19.5 Å². The summed E-state index contributed by atoms with van der Waals surface area (Å²) < 4.78 is 52.6. The number of rotatable bonds is 8. The molecular formula is C10H16N5O13P3. The third-order valence-corrected chi connectivity index (χ3v) is 7.66. The van der Waals surface area contributed by atoms with E-state index < -0.39 is 54.6 Å². The summed E-state index contributed by atoms with van der Waals surface area (Å²) >= 11 is 0. The first-order valence-corrected chi connectivity index (χ1v) is 12.4. The number of ether oxygens (including phenoxy) is 1. The number of aliphatic hydroxyl groups excluding tert-OH is 2. The van der Waals surface area contributed by atoms with Crippen LogP contribution in [0.3, 0.4) is 0 Å². The second kappa shape index (κ2) is 8.53. The zero-order valence-electron chi connectivity index (χ0n) is 14.9. The number of fused-ring (bicyclic) bond motifs is 1. The Morgan fingerprint density at radius 1 is 1.10 bits per heavy atom. The van der Waals surface area contributed by atoms with Crippen molar-refractivity contribution in [2.75, 3.05) is 12.3 Å². The molecule has 21 heteroatoms. The minimum atomic E-state index is -5.77. The lowest BCUT2D eigenvalue weighted by molar-refractivity contribution is -0.0509. The summed E-state index contributed by atoms with van der Waals surface area (Å²) in [5, 5.41) is 20.0. The molecule has 3 rings (SSSR count). The van der Waals surface area contributed by atoms with Crippen LogP contribution < -0.4 is 5.73 Å². The lowest BCUT2D eigenvalue weighted by Gasteiger charge is -2.23. The van der Waals surface area contributed by atoms with E-state index in [2.05, 4.69) is 28.1 Å². The van der Waals surface area contributed by atoms with Crippen LogP contribution in [0.25, 0.3) is 11.2 Å². The number of phosphoric ester groups is 1. The second-order valence-corrected chi connectivity index (χ2v) is 10.4. The second-order valence-electron chi connectivity index (χ2n) is 5.98. The van der Waals surface area contributed by atoms with Crippen LogP contribution in [-0.2, 0) is 31.6 Å². The number of hydrogen-bond donors (Lipinski definition) is 7. The van der Waals surface area contributed by atoms with E-state index in [0.29, 0.717) is 0 Å². The Labute approximate surface area is 171 Å². The average Bonchev–Trinajstić information content (AvgIpc) is 3.14. The monoisotopic (exact) mass is 507 g/mol. The first-order valence-electron chi connectivity index (χ1n) is 7.92. The zero-order valence-corrected chi connectivity index (χ0v) is 17.6. The highest BCUT2D eigenvalue weighted by Gasteiger charge is 2.51. The number of nitrogens with zero attached hydrogens (tertiary/aromatic N) is 4. The molecular weight excluding hydrogens is 491 g/mol. The highest BCUT2D eigenvalue weighted by molar-refractivity contribution is 7.66. The van der Waals surface area contributed by atoms with Gasteiger partial charge >= 0.3 is 23.5 Å². The third kappa shape index (κ3) is 5.53. The van der Waals surface area contributed by atoms with Gasteiger partial charge in [-0.2, -0.15) is 8.62 Å². The molecule has 6 atom stereocenters. The number of nitrogen functional groups attached to an aromatic ring is 1. The van der Waals surface area contributed by atoms with Gasteiger partial charge in [-0.3, -0.25) is 9.09 Å². The molecule has 8 N–H and O–H groups in total. The minimum absolute atomic E-state index is 0.0137. The number of anilines is 1. The molecule has 18 nitrogen and oxygen atoms in total. The standard InChI is InChI=1S/C10H16N5O13P3/c11-8-5-9(13-2-12-8)15(3-14-5)10-6(17)7(4(1-16)25-10)26-30(21,22)28-31(23,24)27-29(18,19)20/h2-4,6-7,10,16-17H,1H2,(H,21,22)(H,23,24)(H2,11,12,13)(H2,18,19,20)/t4-,6-,7-,10-/m1/s1. The maximum Gasteiger partial charge on any atom is 0.490 e. The fourth-order valence-electron chi connectivity index (χ4n) is 2.74. The molecule has 0 amide bonds. The van der Waals surface area contributed by atoms with Crippen LogP contribution in [0.1, 0.15) is 6.23 Å². The molecule has 1 saturated heterocycles. The first kappa shape index (κ1) is 24.3. The van der Waals surface area contributed by atoms with Crippen molar-refractivity contribution in [1.29, 1.82) is 0 Å². The Morgan fingerprint density at radius 3 is 2.39 bits per heavy atom. The van der Waals surface area contributed by atoms with Gasteiger partial charge in [0, 0.05) is 0 Å². The van der Waals surface area contributed by atoms with Crippen LogP contribution in [-0.4, -0.2) is 74.2 Å². The van der Waals surface area contributed by atoms with E-state index >= 15 is 0 Å². The fourth-order valence-corrected chi connectivity index (χ4v) is 5.96. The van der Waals surface area contributed by atoms with Crippen LogP contribution >= 0.6 is 23.5 Å². The molecule has 0 bridgehead atoms. The predicted molar refractivity (Wildman–Crippen MR) is 95.5 cm³/mol. The molecule has 0 aromatic carbocycles. The van der Waals surface area contributed by atoms with Gasteiger partial charge in [0.05, 0.1) is 12.9 Å². The van der Waals surface area contributed by atoms with E-state index in [1.165, 1.54) is 4.57 Å². The summed E-state index contributed by atoms with van der Waals surface area (Å²) in [7, 11) is -17.0. The molecule has 0 aliphatic carbocycles. The molecule has 3 heterocycles. The lowest BCUT2D eigenvalue weighted by atomic mass is 10.1. The van der Waals surface area contributed by atoms with E-state index in [0.717, 1.165) is 12.7 Å². The number of hydrogen-bond acceptors (Lipinski definition) is 13. The Hall–Kier alpha value is -1.36. The van der Waals surface area contributed by atoms with E-state index in [4.69, 9.17) is 20.3 Å². The molecule has 31 heavy (non-hydrogen) atoms. The molecule has 1 fully saturated rings. The predicted octanol–water partition coefficient (Wildman–Crippen LogP) is -1.63. The molecule has 0 radical (unpaired) electrons. The van der Waals surface area contributed by atoms with E-state index in [1.807, 2.05) is 0 Å².